The summed E-state index contributed by atoms with van der Waals surface area (Å²) in [5, 5.41) is 13.1. The van der Waals surface area contributed by atoms with Crippen LogP contribution in [0.25, 0.3) is 10.8 Å². The van der Waals surface area contributed by atoms with Crippen LogP contribution >= 0.6 is 15.9 Å². The highest BCUT2D eigenvalue weighted by molar-refractivity contribution is 9.10. The van der Waals surface area contributed by atoms with Crippen LogP contribution in [0.2, 0.25) is 0 Å². The van der Waals surface area contributed by atoms with E-state index in [2.05, 4.69) is 52.3 Å². The molecule has 112 valence electrons. The molecule has 2 aromatic carbocycles. The average Bonchev–Trinajstić information content (AvgIpc) is 2.76. The molecule has 2 heteroatoms. The van der Waals surface area contributed by atoms with Gasteiger partial charge in [-0.1, -0.05) is 84.8 Å². The van der Waals surface area contributed by atoms with Crippen molar-refractivity contribution < 1.29 is 5.11 Å². The van der Waals surface area contributed by atoms with Gasteiger partial charge in [0, 0.05) is 4.47 Å². The average molecular weight is 347 g/mol. The van der Waals surface area contributed by atoms with Crippen molar-refractivity contribution >= 4 is 26.7 Å². The fourth-order valence-electron chi connectivity index (χ4n) is 3.62. The van der Waals surface area contributed by atoms with Crippen LogP contribution in [0.5, 0.6) is 0 Å². The number of benzene rings is 2. The highest BCUT2D eigenvalue weighted by Gasteiger charge is 2.19. The van der Waals surface area contributed by atoms with Crippen molar-refractivity contribution in [3.63, 3.8) is 0 Å². The fourth-order valence-corrected chi connectivity index (χ4v) is 4.10. The number of rotatable bonds is 3. The molecule has 1 unspecified atom stereocenters. The van der Waals surface area contributed by atoms with Crippen molar-refractivity contribution in [1.29, 1.82) is 0 Å². The minimum Gasteiger partial charge on any atom is -0.388 e. The number of hydrogen-bond donors (Lipinski definition) is 1. The number of fused-ring (bicyclic) bond motifs is 1. The first-order valence-electron chi connectivity index (χ1n) is 8.11. The Balaban J connectivity index is 1.84. The molecule has 1 saturated carbocycles. The normalized spacial score (nSPS) is 18.6. The molecule has 1 nitrogen and oxygen atoms in total. The first-order chi connectivity index (χ1) is 10.3. The number of aliphatic hydroxyl groups is 1. The molecule has 0 heterocycles. The standard InChI is InChI=1S/C19H23BrO/c20-18-12-11-17(15-9-5-6-10-16(15)18)19(21)13-14-7-3-1-2-4-8-14/h5-6,9-12,14,19,21H,1-4,7-8,13H2. The lowest BCUT2D eigenvalue weighted by molar-refractivity contribution is 0.140. The SMILES string of the molecule is OC(CC1CCCCCC1)c1ccc(Br)c2ccccc12. The third-order valence-corrected chi connectivity index (χ3v) is 5.49. The summed E-state index contributed by atoms with van der Waals surface area (Å²) in [6.07, 6.45) is 8.53. The van der Waals surface area contributed by atoms with Gasteiger partial charge in [0.05, 0.1) is 6.10 Å². The molecule has 0 radical (unpaired) electrons. The van der Waals surface area contributed by atoms with E-state index in [-0.39, 0.29) is 6.10 Å². The largest absolute Gasteiger partial charge is 0.388 e. The smallest absolute Gasteiger partial charge is 0.0798 e. The minimum absolute atomic E-state index is 0.342. The molecule has 0 bridgehead atoms. The Morgan fingerprint density at radius 1 is 0.952 bits per heavy atom. The molecule has 1 fully saturated rings. The summed E-state index contributed by atoms with van der Waals surface area (Å²) in [5.41, 5.74) is 1.08. The van der Waals surface area contributed by atoms with E-state index in [4.69, 9.17) is 0 Å². The van der Waals surface area contributed by atoms with Crippen molar-refractivity contribution in [2.45, 2.75) is 51.0 Å². The van der Waals surface area contributed by atoms with Crippen LogP contribution in [-0.4, -0.2) is 5.11 Å². The molecular formula is C19H23BrO. The van der Waals surface area contributed by atoms with Crippen LogP contribution in [0.15, 0.2) is 40.9 Å². The van der Waals surface area contributed by atoms with Crippen LogP contribution < -0.4 is 0 Å². The van der Waals surface area contributed by atoms with Crippen LogP contribution in [0.1, 0.15) is 56.6 Å². The van der Waals surface area contributed by atoms with E-state index in [0.717, 1.165) is 16.5 Å². The predicted octanol–water partition coefficient (Wildman–Crippen LogP) is 6.00. The summed E-state index contributed by atoms with van der Waals surface area (Å²) in [5.74, 6) is 0.685. The highest BCUT2D eigenvalue weighted by Crippen LogP contribution is 2.35. The minimum atomic E-state index is -0.342. The zero-order valence-electron chi connectivity index (χ0n) is 12.4. The molecule has 0 aromatic heterocycles. The maximum atomic E-state index is 10.7. The van der Waals surface area contributed by atoms with Crippen LogP contribution in [-0.2, 0) is 0 Å². The summed E-state index contributed by atoms with van der Waals surface area (Å²) in [6.45, 7) is 0. The van der Waals surface area contributed by atoms with Gasteiger partial charge in [-0.25, -0.2) is 0 Å². The summed E-state index contributed by atoms with van der Waals surface area (Å²) < 4.78 is 1.10. The van der Waals surface area contributed by atoms with E-state index in [9.17, 15) is 5.11 Å². The molecule has 1 aliphatic carbocycles. The Bertz CT molecular complexity index is 600. The van der Waals surface area contributed by atoms with Crippen molar-refractivity contribution in [3.8, 4) is 0 Å². The van der Waals surface area contributed by atoms with Gasteiger partial charge in [0.2, 0.25) is 0 Å². The van der Waals surface area contributed by atoms with Gasteiger partial charge < -0.3 is 5.11 Å². The highest BCUT2D eigenvalue weighted by atomic mass is 79.9. The molecule has 1 aliphatic rings. The summed E-state index contributed by atoms with van der Waals surface area (Å²) in [7, 11) is 0. The summed E-state index contributed by atoms with van der Waals surface area (Å²) in [6, 6.07) is 12.5. The first kappa shape index (κ1) is 15.1. The molecule has 0 spiro atoms. The molecule has 0 amide bonds. The van der Waals surface area contributed by atoms with E-state index in [1.54, 1.807) is 0 Å². The van der Waals surface area contributed by atoms with Gasteiger partial charge in [-0.2, -0.15) is 0 Å². The Kier molecular flexibility index (Phi) is 4.97. The second-order valence-corrected chi connectivity index (χ2v) is 7.15. The molecular weight excluding hydrogens is 324 g/mol. The second-order valence-electron chi connectivity index (χ2n) is 6.29. The van der Waals surface area contributed by atoms with Crippen molar-refractivity contribution in [1.82, 2.24) is 0 Å². The van der Waals surface area contributed by atoms with Gasteiger partial charge in [0.25, 0.3) is 0 Å². The number of hydrogen-bond acceptors (Lipinski definition) is 1. The molecule has 1 N–H and O–H groups in total. The number of aliphatic hydroxyl groups excluding tert-OH is 1. The van der Waals surface area contributed by atoms with Gasteiger partial charge in [-0.15, -0.1) is 0 Å². The third-order valence-electron chi connectivity index (χ3n) is 4.79. The molecule has 0 aliphatic heterocycles. The van der Waals surface area contributed by atoms with Crippen molar-refractivity contribution in [2.24, 2.45) is 5.92 Å². The molecule has 2 aromatic rings. The third kappa shape index (κ3) is 3.49. The lowest BCUT2D eigenvalue weighted by Gasteiger charge is -2.20. The lowest BCUT2D eigenvalue weighted by atomic mass is 9.89. The molecule has 3 rings (SSSR count). The van der Waals surface area contributed by atoms with E-state index in [0.29, 0.717) is 5.92 Å². The van der Waals surface area contributed by atoms with Gasteiger partial charge in [0.15, 0.2) is 0 Å². The topological polar surface area (TPSA) is 20.2 Å². The Labute approximate surface area is 135 Å². The maximum Gasteiger partial charge on any atom is 0.0798 e. The van der Waals surface area contributed by atoms with Gasteiger partial charge in [-0.3, -0.25) is 0 Å². The van der Waals surface area contributed by atoms with Crippen molar-refractivity contribution in [2.75, 3.05) is 0 Å². The second kappa shape index (κ2) is 6.93. The lowest BCUT2D eigenvalue weighted by Crippen LogP contribution is -2.07. The molecule has 1 atom stereocenters. The molecule has 21 heavy (non-hydrogen) atoms. The predicted molar refractivity (Wildman–Crippen MR) is 92.4 cm³/mol. The van der Waals surface area contributed by atoms with Crippen LogP contribution in [0.4, 0.5) is 0 Å². The molecule has 0 saturated heterocycles. The van der Waals surface area contributed by atoms with Crippen molar-refractivity contribution in [3.05, 3.63) is 46.4 Å². The van der Waals surface area contributed by atoms with Gasteiger partial charge in [-0.05, 0) is 34.7 Å². The Morgan fingerprint density at radius 2 is 1.62 bits per heavy atom. The van der Waals surface area contributed by atoms with E-state index in [1.165, 1.54) is 49.3 Å². The quantitative estimate of drug-likeness (QED) is 0.676. The zero-order valence-corrected chi connectivity index (χ0v) is 14.0. The van der Waals surface area contributed by atoms with Crippen LogP contribution in [0, 0.1) is 5.92 Å². The van der Waals surface area contributed by atoms with E-state index < -0.39 is 0 Å². The fraction of sp³-hybridized carbons (Fsp3) is 0.474. The first-order valence-corrected chi connectivity index (χ1v) is 8.90. The van der Waals surface area contributed by atoms with Crippen LogP contribution in [0.3, 0.4) is 0 Å². The number of halogens is 1. The van der Waals surface area contributed by atoms with E-state index >= 15 is 0 Å². The van der Waals surface area contributed by atoms with Gasteiger partial charge in [0.1, 0.15) is 0 Å². The monoisotopic (exact) mass is 346 g/mol. The van der Waals surface area contributed by atoms with Gasteiger partial charge >= 0.3 is 0 Å². The Morgan fingerprint density at radius 3 is 2.33 bits per heavy atom. The maximum absolute atomic E-state index is 10.7. The summed E-state index contributed by atoms with van der Waals surface area (Å²) in [4.78, 5) is 0. The zero-order chi connectivity index (χ0) is 14.7. The van der Waals surface area contributed by atoms with E-state index in [1.807, 2.05) is 0 Å². The summed E-state index contributed by atoms with van der Waals surface area (Å²) >= 11 is 3.61. The Hall–Kier alpha value is -0.860.